The van der Waals surface area contributed by atoms with Gasteiger partial charge in [0, 0.05) is 12.1 Å². The van der Waals surface area contributed by atoms with Crippen LogP contribution in [0.3, 0.4) is 0 Å². The summed E-state index contributed by atoms with van der Waals surface area (Å²) < 4.78 is 0. The van der Waals surface area contributed by atoms with Crippen LogP contribution < -0.4 is 5.32 Å². The molecule has 4 nitrogen and oxygen atoms in total. The van der Waals surface area contributed by atoms with Crippen LogP contribution in [-0.2, 0) is 6.54 Å². The van der Waals surface area contributed by atoms with Crippen molar-refractivity contribution in [1.82, 2.24) is 0 Å². The van der Waals surface area contributed by atoms with E-state index in [-0.39, 0.29) is 11.3 Å². The van der Waals surface area contributed by atoms with Crippen molar-refractivity contribution >= 4 is 29.0 Å². The van der Waals surface area contributed by atoms with Gasteiger partial charge in [-0.05, 0) is 42.8 Å². The van der Waals surface area contributed by atoms with Crippen LogP contribution in [0.1, 0.15) is 33.2 Å². The molecule has 0 aliphatic carbocycles. The van der Waals surface area contributed by atoms with Gasteiger partial charge in [0.2, 0.25) is 0 Å². The zero-order valence-corrected chi connectivity index (χ0v) is 12.1. The lowest BCUT2D eigenvalue weighted by molar-refractivity contribution is 0.0696. The first-order chi connectivity index (χ1) is 9.97. The van der Waals surface area contributed by atoms with Crippen molar-refractivity contribution in [2.45, 2.75) is 13.5 Å². The van der Waals surface area contributed by atoms with Gasteiger partial charge in [0.15, 0.2) is 5.78 Å². The van der Waals surface area contributed by atoms with Gasteiger partial charge in [-0.15, -0.1) is 0 Å². The molecule has 0 atom stereocenters. The van der Waals surface area contributed by atoms with Crippen molar-refractivity contribution < 1.29 is 14.7 Å². The van der Waals surface area contributed by atoms with Gasteiger partial charge in [0.05, 0.1) is 16.3 Å². The van der Waals surface area contributed by atoms with Crippen LogP contribution in [0, 0.1) is 0 Å². The summed E-state index contributed by atoms with van der Waals surface area (Å²) in [7, 11) is 0. The van der Waals surface area contributed by atoms with Gasteiger partial charge in [-0.2, -0.15) is 0 Å². The van der Waals surface area contributed by atoms with Crippen molar-refractivity contribution in [3.8, 4) is 0 Å². The Kier molecular flexibility index (Phi) is 4.60. The third kappa shape index (κ3) is 3.83. The van der Waals surface area contributed by atoms with Crippen molar-refractivity contribution in [2.75, 3.05) is 5.32 Å². The zero-order chi connectivity index (χ0) is 15.4. The molecule has 108 valence electrons. The highest BCUT2D eigenvalue weighted by Gasteiger charge is 2.06. The van der Waals surface area contributed by atoms with Gasteiger partial charge in [0.1, 0.15) is 0 Å². The number of carbonyl (C=O) groups excluding carboxylic acids is 1. The molecule has 2 aromatic carbocycles. The molecular weight excluding hydrogens is 290 g/mol. The lowest BCUT2D eigenvalue weighted by Gasteiger charge is -2.10. The number of carboxylic acid groups (broad SMARTS) is 1. The summed E-state index contributed by atoms with van der Waals surface area (Å²) in [6.45, 7) is 1.98. The minimum atomic E-state index is -0.952. The molecule has 5 heteroatoms. The van der Waals surface area contributed by atoms with Crippen LogP contribution in [0.15, 0.2) is 42.5 Å². The second-order valence-corrected chi connectivity index (χ2v) is 5.01. The molecule has 0 fully saturated rings. The Hall–Kier alpha value is -2.33. The fourth-order valence-corrected chi connectivity index (χ4v) is 2.03. The predicted octanol–water partition coefficient (Wildman–Crippen LogP) is 3.85. The number of aromatic carboxylic acids is 1. The SMILES string of the molecule is CC(=O)c1ccc(Cl)c(NCc2ccc(C(=O)O)cc2)c1. The van der Waals surface area contributed by atoms with Gasteiger partial charge in [-0.25, -0.2) is 4.79 Å². The zero-order valence-electron chi connectivity index (χ0n) is 11.4. The fraction of sp³-hybridized carbons (Fsp3) is 0.125. The van der Waals surface area contributed by atoms with E-state index in [0.29, 0.717) is 22.8 Å². The van der Waals surface area contributed by atoms with E-state index >= 15 is 0 Å². The molecule has 0 spiro atoms. The van der Waals surface area contributed by atoms with E-state index in [1.165, 1.54) is 6.92 Å². The van der Waals surface area contributed by atoms with Crippen LogP contribution in [-0.4, -0.2) is 16.9 Å². The maximum Gasteiger partial charge on any atom is 0.335 e. The Morgan fingerprint density at radius 3 is 2.29 bits per heavy atom. The Morgan fingerprint density at radius 1 is 1.10 bits per heavy atom. The molecule has 0 radical (unpaired) electrons. The van der Waals surface area contributed by atoms with E-state index in [1.54, 1.807) is 42.5 Å². The van der Waals surface area contributed by atoms with Crippen molar-refractivity contribution in [2.24, 2.45) is 0 Å². The largest absolute Gasteiger partial charge is 0.478 e. The molecule has 0 aromatic heterocycles. The second kappa shape index (κ2) is 6.41. The van der Waals surface area contributed by atoms with E-state index in [2.05, 4.69) is 5.32 Å². The number of rotatable bonds is 5. The van der Waals surface area contributed by atoms with E-state index in [9.17, 15) is 9.59 Å². The smallest absolute Gasteiger partial charge is 0.335 e. The number of anilines is 1. The average molecular weight is 304 g/mol. The normalized spacial score (nSPS) is 10.2. The third-order valence-corrected chi connectivity index (χ3v) is 3.39. The van der Waals surface area contributed by atoms with E-state index < -0.39 is 5.97 Å². The summed E-state index contributed by atoms with van der Waals surface area (Å²) in [5.41, 5.74) is 2.43. The first-order valence-electron chi connectivity index (χ1n) is 6.34. The third-order valence-electron chi connectivity index (χ3n) is 3.06. The summed E-state index contributed by atoms with van der Waals surface area (Å²) in [5, 5.41) is 12.5. The van der Waals surface area contributed by atoms with E-state index in [1.807, 2.05) is 0 Å². The van der Waals surface area contributed by atoms with Crippen LogP contribution in [0.25, 0.3) is 0 Å². The lowest BCUT2D eigenvalue weighted by Crippen LogP contribution is -2.03. The van der Waals surface area contributed by atoms with Crippen LogP contribution >= 0.6 is 11.6 Å². The number of benzene rings is 2. The van der Waals surface area contributed by atoms with Gasteiger partial charge < -0.3 is 10.4 Å². The summed E-state index contributed by atoms with van der Waals surface area (Å²) in [5.74, 6) is -0.979. The van der Waals surface area contributed by atoms with Crippen molar-refractivity contribution in [3.63, 3.8) is 0 Å². The molecule has 2 aromatic rings. The summed E-state index contributed by atoms with van der Waals surface area (Å²) in [6.07, 6.45) is 0. The van der Waals surface area contributed by atoms with Crippen molar-refractivity contribution in [3.05, 3.63) is 64.2 Å². The van der Waals surface area contributed by atoms with E-state index in [4.69, 9.17) is 16.7 Å². The summed E-state index contributed by atoms with van der Waals surface area (Å²) in [6, 6.07) is 11.6. The second-order valence-electron chi connectivity index (χ2n) is 4.61. The number of hydrogen-bond acceptors (Lipinski definition) is 3. The molecule has 0 amide bonds. The minimum Gasteiger partial charge on any atom is -0.478 e. The van der Waals surface area contributed by atoms with Gasteiger partial charge >= 0.3 is 5.97 Å². The molecule has 0 heterocycles. The number of hydrogen-bond donors (Lipinski definition) is 2. The highest BCUT2D eigenvalue weighted by molar-refractivity contribution is 6.33. The standard InChI is InChI=1S/C16H14ClNO3/c1-10(19)13-6-7-14(17)15(8-13)18-9-11-2-4-12(5-3-11)16(20)21/h2-8,18H,9H2,1H3,(H,20,21). The molecule has 0 aliphatic heterocycles. The number of ketones is 1. The number of carboxylic acids is 1. The number of carbonyl (C=O) groups is 2. The molecular formula is C16H14ClNO3. The van der Waals surface area contributed by atoms with E-state index in [0.717, 1.165) is 5.56 Å². The Bertz CT molecular complexity index is 680. The minimum absolute atomic E-state index is 0.0273. The van der Waals surface area contributed by atoms with Crippen LogP contribution in [0.4, 0.5) is 5.69 Å². The predicted molar refractivity (Wildman–Crippen MR) is 82.2 cm³/mol. The molecule has 0 aliphatic rings. The monoisotopic (exact) mass is 303 g/mol. The molecule has 0 unspecified atom stereocenters. The highest BCUT2D eigenvalue weighted by atomic mass is 35.5. The summed E-state index contributed by atoms with van der Waals surface area (Å²) >= 11 is 6.08. The first-order valence-corrected chi connectivity index (χ1v) is 6.72. The Morgan fingerprint density at radius 2 is 1.71 bits per heavy atom. The molecule has 0 saturated heterocycles. The number of nitrogens with one attached hydrogen (secondary N) is 1. The lowest BCUT2D eigenvalue weighted by atomic mass is 10.1. The average Bonchev–Trinajstić information content (AvgIpc) is 2.46. The quantitative estimate of drug-likeness (QED) is 0.823. The highest BCUT2D eigenvalue weighted by Crippen LogP contribution is 2.24. The maximum atomic E-state index is 11.4. The molecule has 21 heavy (non-hydrogen) atoms. The Labute approximate surface area is 127 Å². The van der Waals surface area contributed by atoms with Gasteiger partial charge in [0.25, 0.3) is 0 Å². The first kappa shape index (κ1) is 15.1. The fourth-order valence-electron chi connectivity index (χ4n) is 1.84. The van der Waals surface area contributed by atoms with Crippen LogP contribution in [0.2, 0.25) is 5.02 Å². The Balaban J connectivity index is 2.10. The topological polar surface area (TPSA) is 66.4 Å². The summed E-state index contributed by atoms with van der Waals surface area (Å²) in [4.78, 5) is 22.1. The molecule has 0 saturated carbocycles. The molecule has 2 rings (SSSR count). The van der Waals surface area contributed by atoms with Gasteiger partial charge in [-0.3, -0.25) is 4.79 Å². The molecule has 2 N–H and O–H groups in total. The number of Topliss-reactive ketones (excluding diaryl/α,β-unsaturated/α-hetero) is 1. The van der Waals surface area contributed by atoms with Crippen LogP contribution in [0.5, 0.6) is 0 Å². The molecule has 0 bridgehead atoms. The maximum absolute atomic E-state index is 11.4. The van der Waals surface area contributed by atoms with Gasteiger partial charge in [-0.1, -0.05) is 23.7 Å². The number of halogens is 1. The van der Waals surface area contributed by atoms with Crippen molar-refractivity contribution in [1.29, 1.82) is 0 Å².